The van der Waals surface area contributed by atoms with Crippen molar-refractivity contribution in [3.05, 3.63) is 47.7 Å². The summed E-state index contributed by atoms with van der Waals surface area (Å²) >= 11 is 0. The number of carbonyl (C=O) groups excluding carboxylic acids is 1. The van der Waals surface area contributed by atoms with Crippen LogP contribution in [0.1, 0.15) is 68.9 Å². The van der Waals surface area contributed by atoms with Crippen LogP contribution in [0.5, 0.6) is 5.88 Å². The summed E-state index contributed by atoms with van der Waals surface area (Å²) in [5.74, 6) is 1.42. The number of anilines is 2. The third-order valence-corrected chi connectivity index (χ3v) is 8.43. The Kier molecular flexibility index (Phi) is 8.67. The van der Waals surface area contributed by atoms with Crippen molar-refractivity contribution in [1.82, 2.24) is 9.88 Å². The number of hydrogen-bond donors (Lipinski definition) is 1. The van der Waals surface area contributed by atoms with E-state index in [4.69, 9.17) is 10.00 Å². The van der Waals surface area contributed by atoms with Gasteiger partial charge in [0.15, 0.2) is 0 Å². The summed E-state index contributed by atoms with van der Waals surface area (Å²) in [5.41, 5.74) is 0.106. The second kappa shape index (κ2) is 12.4. The lowest BCUT2D eigenvalue weighted by molar-refractivity contribution is -0.137. The van der Waals surface area contributed by atoms with Crippen molar-refractivity contribution in [2.75, 3.05) is 36.4 Å². The Bertz CT molecular complexity index is 1210. The van der Waals surface area contributed by atoms with E-state index in [-0.39, 0.29) is 23.6 Å². The molecule has 7 nitrogen and oxygen atoms in total. The predicted molar refractivity (Wildman–Crippen MR) is 146 cm³/mol. The molecule has 3 fully saturated rings. The fraction of sp³-hybridized carbons (Fsp3) is 0.567. The van der Waals surface area contributed by atoms with Gasteiger partial charge < -0.3 is 19.9 Å². The SMILES string of the molecule is N#Cc1ccc(NC2CCC(Oc3cc(N4CCN(C(=O)CC5CCCC5)CC4)ccn3)CC2)cc1C(F)(F)F. The number of ether oxygens (including phenoxy) is 1. The van der Waals surface area contributed by atoms with E-state index in [0.717, 1.165) is 63.6 Å². The number of benzene rings is 1. The fourth-order valence-corrected chi connectivity index (χ4v) is 6.16. The summed E-state index contributed by atoms with van der Waals surface area (Å²) in [6.45, 7) is 3.01. The highest BCUT2D eigenvalue weighted by Gasteiger charge is 2.34. The van der Waals surface area contributed by atoms with Crippen LogP contribution in [0.3, 0.4) is 0 Å². The van der Waals surface area contributed by atoms with Gasteiger partial charge in [-0.25, -0.2) is 4.98 Å². The van der Waals surface area contributed by atoms with Gasteiger partial charge in [0.1, 0.15) is 6.10 Å². The molecule has 1 amide bonds. The van der Waals surface area contributed by atoms with E-state index in [1.54, 1.807) is 12.3 Å². The summed E-state index contributed by atoms with van der Waals surface area (Å²) in [6.07, 6.45) is 5.74. The van der Waals surface area contributed by atoms with Gasteiger partial charge in [-0.05, 0) is 68.7 Å². The van der Waals surface area contributed by atoms with E-state index in [0.29, 0.717) is 23.9 Å². The Labute approximate surface area is 233 Å². The number of carbonyl (C=O) groups is 1. The van der Waals surface area contributed by atoms with Crippen LogP contribution in [-0.2, 0) is 11.0 Å². The molecule has 1 aromatic carbocycles. The van der Waals surface area contributed by atoms with Gasteiger partial charge in [0.2, 0.25) is 11.8 Å². The number of pyridine rings is 1. The molecule has 1 N–H and O–H groups in total. The van der Waals surface area contributed by atoms with Gasteiger partial charge in [-0.3, -0.25) is 4.79 Å². The number of halogens is 3. The van der Waals surface area contributed by atoms with Gasteiger partial charge in [0, 0.05) is 62.3 Å². The largest absolute Gasteiger partial charge is 0.474 e. The fourth-order valence-electron chi connectivity index (χ4n) is 6.16. The number of rotatable bonds is 7. The molecule has 5 rings (SSSR count). The van der Waals surface area contributed by atoms with Crippen molar-refractivity contribution in [2.45, 2.75) is 76.1 Å². The van der Waals surface area contributed by atoms with E-state index in [1.807, 2.05) is 17.0 Å². The van der Waals surface area contributed by atoms with Crippen LogP contribution in [-0.4, -0.2) is 54.1 Å². The van der Waals surface area contributed by atoms with E-state index >= 15 is 0 Å². The first kappa shape index (κ1) is 28.1. The minimum Gasteiger partial charge on any atom is -0.474 e. The number of hydrogen-bond acceptors (Lipinski definition) is 6. The number of alkyl halides is 3. The topological polar surface area (TPSA) is 81.5 Å². The average Bonchev–Trinajstić information content (AvgIpc) is 3.47. The van der Waals surface area contributed by atoms with Gasteiger partial charge in [-0.2, -0.15) is 18.4 Å². The molecule has 0 unspecified atom stereocenters. The summed E-state index contributed by atoms with van der Waals surface area (Å²) in [7, 11) is 0. The molecule has 1 aliphatic heterocycles. The van der Waals surface area contributed by atoms with Crippen molar-refractivity contribution in [3.63, 3.8) is 0 Å². The molecule has 40 heavy (non-hydrogen) atoms. The summed E-state index contributed by atoms with van der Waals surface area (Å²) in [6, 6.07) is 9.32. The van der Waals surface area contributed by atoms with Crippen molar-refractivity contribution in [1.29, 1.82) is 5.26 Å². The number of nitriles is 1. The molecule has 10 heteroatoms. The smallest absolute Gasteiger partial charge is 0.417 e. The van der Waals surface area contributed by atoms with Crippen molar-refractivity contribution >= 4 is 17.3 Å². The average molecular weight is 556 g/mol. The lowest BCUT2D eigenvalue weighted by Crippen LogP contribution is -2.49. The van der Waals surface area contributed by atoms with Crippen molar-refractivity contribution in [2.24, 2.45) is 5.92 Å². The highest BCUT2D eigenvalue weighted by atomic mass is 19.4. The molecule has 0 spiro atoms. The number of aromatic nitrogens is 1. The van der Waals surface area contributed by atoms with Crippen LogP contribution in [0.15, 0.2) is 36.5 Å². The maximum Gasteiger partial charge on any atom is 0.417 e. The molecule has 3 aliphatic rings. The Morgan fingerprint density at radius 2 is 1.75 bits per heavy atom. The lowest BCUT2D eigenvalue weighted by atomic mass is 9.92. The van der Waals surface area contributed by atoms with Gasteiger partial charge in [-0.15, -0.1) is 0 Å². The molecule has 0 radical (unpaired) electrons. The van der Waals surface area contributed by atoms with Gasteiger partial charge in [-0.1, -0.05) is 12.8 Å². The third kappa shape index (κ3) is 6.98. The van der Waals surface area contributed by atoms with Crippen LogP contribution in [0.2, 0.25) is 0 Å². The highest BCUT2D eigenvalue weighted by Crippen LogP contribution is 2.35. The Morgan fingerprint density at radius 1 is 1.02 bits per heavy atom. The molecule has 2 heterocycles. The maximum absolute atomic E-state index is 13.3. The zero-order valence-corrected chi connectivity index (χ0v) is 22.6. The lowest BCUT2D eigenvalue weighted by Gasteiger charge is -2.36. The third-order valence-electron chi connectivity index (χ3n) is 8.43. The molecular weight excluding hydrogens is 519 g/mol. The predicted octanol–water partition coefficient (Wildman–Crippen LogP) is 6.00. The van der Waals surface area contributed by atoms with Crippen molar-refractivity contribution < 1.29 is 22.7 Å². The molecule has 0 atom stereocenters. The quantitative estimate of drug-likeness (QED) is 0.451. The molecule has 2 saturated carbocycles. The standard InChI is InChI=1S/C30H36F3N5O2/c31-30(32,33)27-18-24(6-5-22(27)20-34)36-23-7-9-26(10-8-23)40-28-19-25(11-12-35-28)37-13-15-38(16-14-37)29(39)17-21-3-1-2-4-21/h5-6,11-12,18-19,21,23,26,36H,1-4,7-10,13-17H2. The Hall–Kier alpha value is -3.48. The van der Waals surface area contributed by atoms with E-state index in [2.05, 4.69) is 15.2 Å². The van der Waals surface area contributed by atoms with E-state index in [1.165, 1.54) is 37.8 Å². The number of piperazine rings is 1. The number of nitrogens with one attached hydrogen (secondary N) is 1. The summed E-state index contributed by atoms with van der Waals surface area (Å²) < 4.78 is 46.1. The van der Waals surface area contributed by atoms with Crippen LogP contribution in [0, 0.1) is 17.2 Å². The summed E-state index contributed by atoms with van der Waals surface area (Å²) in [5, 5.41) is 12.2. The van der Waals surface area contributed by atoms with Crippen LogP contribution in [0.25, 0.3) is 0 Å². The molecule has 0 bridgehead atoms. The van der Waals surface area contributed by atoms with Gasteiger partial charge in [0.05, 0.1) is 17.2 Å². The number of amides is 1. The van der Waals surface area contributed by atoms with Gasteiger partial charge in [0.25, 0.3) is 0 Å². The van der Waals surface area contributed by atoms with Crippen LogP contribution < -0.4 is 15.0 Å². The van der Waals surface area contributed by atoms with E-state index in [9.17, 15) is 18.0 Å². The number of nitrogens with zero attached hydrogens (tertiary/aromatic N) is 4. The Balaban J connectivity index is 1.09. The minimum atomic E-state index is -4.57. The molecular formula is C30H36F3N5O2. The first-order valence-electron chi connectivity index (χ1n) is 14.3. The zero-order chi connectivity index (χ0) is 28.1. The monoisotopic (exact) mass is 555 g/mol. The zero-order valence-electron chi connectivity index (χ0n) is 22.6. The Morgan fingerprint density at radius 3 is 2.42 bits per heavy atom. The van der Waals surface area contributed by atoms with E-state index < -0.39 is 11.7 Å². The second-order valence-electron chi connectivity index (χ2n) is 11.2. The molecule has 1 aromatic heterocycles. The van der Waals surface area contributed by atoms with Crippen molar-refractivity contribution in [3.8, 4) is 11.9 Å². The maximum atomic E-state index is 13.3. The first-order valence-corrected chi connectivity index (χ1v) is 14.3. The summed E-state index contributed by atoms with van der Waals surface area (Å²) in [4.78, 5) is 21.4. The minimum absolute atomic E-state index is 0.0162. The van der Waals surface area contributed by atoms with Gasteiger partial charge >= 0.3 is 6.18 Å². The first-order chi connectivity index (χ1) is 19.3. The molecule has 214 valence electrons. The molecule has 2 aliphatic carbocycles. The second-order valence-corrected chi connectivity index (χ2v) is 11.2. The van der Waals surface area contributed by atoms with Crippen LogP contribution >= 0.6 is 0 Å². The molecule has 1 saturated heterocycles. The van der Waals surface area contributed by atoms with Crippen LogP contribution in [0.4, 0.5) is 24.5 Å². The molecule has 2 aromatic rings. The normalized spacial score (nSPS) is 22.1. The highest BCUT2D eigenvalue weighted by molar-refractivity contribution is 5.76.